The molecule has 0 aliphatic carbocycles. The largest absolute Gasteiger partial charge is 0.306 e. The van der Waals surface area contributed by atoms with Crippen molar-refractivity contribution in [1.82, 2.24) is 15.0 Å². The van der Waals surface area contributed by atoms with Crippen molar-refractivity contribution in [3.8, 4) is 0 Å². The summed E-state index contributed by atoms with van der Waals surface area (Å²) in [6.07, 6.45) is 6.71. The molecule has 22 heavy (non-hydrogen) atoms. The number of anilines is 1. The molecule has 114 valence electrons. The molecule has 2 aromatic rings. The first-order chi connectivity index (χ1) is 10.5. The Morgan fingerprint density at radius 2 is 2.00 bits per heavy atom. The quantitative estimate of drug-likeness (QED) is 0.812. The van der Waals surface area contributed by atoms with Gasteiger partial charge in [-0.1, -0.05) is 35.6 Å². The van der Waals surface area contributed by atoms with Gasteiger partial charge in [-0.05, 0) is 38.8 Å². The van der Waals surface area contributed by atoms with E-state index in [1.165, 1.54) is 0 Å². The summed E-state index contributed by atoms with van der Waals surface area (Å²) < 4.78 is 1.72. The van der Waals surface area contributed by atoms with Gasteiger partial charge in [0.2, 0.25) is 0 Å². The second kappa shape index (κ2) is 5.40. The van der Waals surface area contributed by atoms with E-state index in [2.05, 4.69) is 22.5 Å². The summed E-state index contributed by atoms with van der Waals surface area (Å²) in [7, 11) is 0. The summed E-state index contributed by atoms with van der Waals surface area (Å²) in [4.78, 5) is 14.6. The second-order valence-corrected chi connectivity index (χ2v) is 6.43. The standard InChI is InChI=1S/C17H20N4O/c1-17(2,3)21-12-14(18-19-21)16(22)20-11-7-6-9-13-8-4-5-10-15(13)20/h4-6,8-10,12H,7,11H2,1-3H3. The highest BCUT2D eigenvalue weighted by Crippen LogP contribution is 2.26. The van der Waals surface area contributed by atoms with Gasteiger partial charge < -0.3 is 4.90 Å². The molecule has 1 aromatic carbocycles. The van der Waals surface area contributed by atoms with Gasteiger partial charge in [0, 0.05) is 6.54 Å². The van der Waals surface area contributed by atoms with Crippen LogP contribution in [0.4, 0.5) is 5.69 Å². The van der Waals surface area contributed by atoms with Crippen molar-refractivity contribution >= 4 is 17.7 Å². The molecule has 5 heteroatoms. The minimum Gasteiger partial charge on any atom is -0.306 e. The summed E-state index contributed by atoms with van der Waals surface area (Å²) >= 11 is 0. The zero-order valence-electron chi connectivity index (χ0n) is 13.2. The molecule has 2 heterocycles. The van der Waals surface area contributed by atoms with E-state index in [-0.39, 0.29) is 11.4 Å². The maximum Gasteiger partial charge on any atom is 0.280 e. The average molecular weight is 296 g/mol. The van der Waals surface area contributed by atoms with E-state index in [1.807, 2.05) is 45.0 Å². The van der Waals surface area contributed by atoms with E-state index in [1.54, 1.807) is 15.8 Å². The molecular weight excluding hydrogens is 276 g/mol. The van der Waals surface area contributed by atoms with Crippen LogP contribution in [0.25, 0.3) is 6.08 Å². The molecular formula is C17H20N4O. The number of fused-ring (bicyclic) bond motifs is 1. The van der Waals surface area contributed by atoms with Gasteiger partial charge in [0.25, 0.3) is 5.91 Å². The third kappa shape index (κ3) is 2.66. The van der Waals surface area contributed by atoms with Crippen molar-refractivity contribution in [1.29, 1.82) is 0 Å². The molecule has 0 saturated heterocycles. The van der Waals surface area contributed by atoms with Crippen LogP contribution in [0.5, 0.6) is 0 Å². The molecule has 0 unspecified atom stereocenters. The number of carbonyl (C=O) groups excluding carboxylic acids is 1. The number of hydrogen-bond acceptors (Lipinski definition) is 3. The Bertz CT molecular complexity index is 724. The number of rotatable bonds is 1. The van der Waals surface area contributed by atoms with E-state index in [0.29, 0.717) is 12.2 Å². The van der Waals surface area contributed by atoms with Crippen molar-refractivity contribution in [3.63, 3.8) is 0 Å². The van der Waals surface area contributed by atoms with Crippen LogP contribution < -0.4 is 4.90 Å². The van der Waals surface area contributed by atoms with Gasteiger partial charge in [0.05, 0.1) is 17.4 Å². The maximum atomic E-state index is 12.8. The zero-order chi connectivity index (χ0) is 15.7. The molecule has 1 aromatic heterocycles. The Kier molecular flexibility index (Phi) is 3.56. The number of para-hydroxylation sites is 1. The van der Waals surface area contributed by atoms with Gasteiger partial charge in [-0.3, -0.25) is 4.79 Å². The van der Waals surface area contributed by atoms with Crippen LogP contribution >= 0.6 is 0 Å². The summed E-state index contributed by atoms with van der Waals surface area (Å²) in [5, 5.41) is 8.15. The van der Waals surface area contributed by atoms with Crippen molar-refractivity contribution < 1.29 is 4.79 Å². The van der Waals surface area contributed by atoms with E-state index in [9.17, 15) is 4.79 Å². The number of hydrogen-bond donors (Lipinski definition) is 0. The van der Waals surface area contributed by atoms with E-state index >= 15 is 0 Å². The summed E-state index contributed by atoms with van der Waals surface area (Å²) in [6, 6.07) is 7.91. The van der Waals surface area contributed by atoms with E-state index in [0.717, 1.165) is 17.7 Å². The predicted molar refractivity (Wildman–Crippen MR) is 86.8 cm³/mol. The number of aromatic nitrogens is 3. The molecule has 1 aliphatic heterocycles. The average Bonchev–Trinajstić information content (AvgIpc) is 2.88. The Hall–Kier alpha value is -2.43. The molecule has 3 rings (SSSR count). The van der Waals surface area contributed by atoms with Crippen molar-refractivity contribution in [2.75, 3.05) is 11.4 Å². The third-order valence-electron chi connectivity index (χ3n) is 3.69. The number of carbonyl (C=O) groups is 1. The van der Waals surface area contributed by atoms with Crippen LogP contribution in [0.1, 0.15) is 43.2 Å². The molecule has 1 amide bonds. The van der Waals surface area contributed by atoms with Crippen LogP contribution in [-0.2, 0) is 5.54 Å². The second-order valence-electron chi connectivity index (χ2n) is 6.43. The van der Waals surface area contributed by atoms with Gasteiger partial charge in [0.15, 0.2) is 5.69 Å². The van der Waals surface area contributed by atoms with E-state index in [4.69, 9.17) is 0 Å². The minimum atomic E-state index is -0.191. The Morgan fingerprint density at radius 1 is 1.23 bits per heavy atom. The Morgan fingerprint density at radius 3 is 2.73 bits per heavy atom. The van der Waals surface area contributed by atoms with Gasteiger partial charge in [-0.25, -0.2) is 4.68 Å². The van der Waals surface area contributed by atoms with Crippen molar-refractivity contribution in [3.05, 3.63) is 47.8 Å². The smallest absolute Gasteiger partial charge is 0.280 e. The van der Waals surface area contributed by atoms with Gasteiger partial charge in [-0.2, -0.15) is 0 Å². The van der Waals surface area contributed by atoms with Crippen molar-refractivity contribution in [2.24, 2.45) is 0 Å². The monoisotopic (exact) mass is 296 g/mol. The zero-order valence-corrected chi connectivity index (χ0v) is 13.2. The van der Waals surface area contributed by atoms with Crippen LogP contribution in [0, 0.1) is 0 Å². The number of benzene rings is 1. The van der Waals surface area contributed by atoms with Gasteiger partial charge >= 0.3 is 0 Å². The van der Waals surface area contributed by atoms with E-state index < -0.39 is 0 Å². The van der Waals surface area contributed by atoms with Crippen LogP contribution in [0.2, 0.25) is 0 Å². The fraction of sp³-hybridized carbons (Fsp3) is 0.353. The lowest BCUT2D eigenvalue weighted by Crippen LogP contribution is -2.32. The highest BCUT2D eigenvalue weighted by Gasteiger charge is 2.24. The maximum absolute atomic E-state index is 12.8. The lowest BCUT2D eigenvalue weighted by atomic mass is 10.1. The summed E-state index contributed by atoms with van der Waals surface area (Å²) in [5.41, 5.74) is 2.17. The molecule has 1 aliphatic rings. The molecule has 0 fully saturated rings. The SMILES string of the molecule is CC(C)(C)n1cc(C(=O)N2CCC=Cc3ccccc32)nn1. The lowest BCUT2D eigenvalue weighted by Gasteiger charge is -2.22. The van der Waals surface area contributed by atoms with Gasteiger partial charge in [-0.15, -0.1) is 5.10 Å². The van der Waals surface area contributed by atoms with Crippen LogP contribution in [-0.4, -0.2) is 27.4 Å². The summed E-state index contributed by atoms with van der Waals surface area (Å²) in [6.45, 7) is 6.73. The Balaban J connectivity index is 1.95. The van der Waals surface area contributed by atoms with Crippen LogP contribution in [0.3, 0.4) is 0 Å². The Labute approximate surface area is 130 Å². The predicted octanol–water partition coefficient (Wildman–Crippen LogP) is 3.10. The molecule has 0 spiro atoms. The minimum absolute atomic E-state index is 0.105. The molecule has 5 nitrogen and oxygen atoms in total. The first-order valence-electron chi connectivity index (χ1n) is 7.47. The highest BCUT2D eigenvalue weighted by atomic mass is 16.2. The topological polar surface area (TPSA) is 51.0 Å². The lowest BCUT2D eigenvalue weighted by molar-refractivity contribution is 0.0982. The molecule has 0 saturated carbocycles. The highest BCUT2D eigenvalue weighted by molar-refractivity contribution is 6.05. The number of amides is 1. The first-order valence-corrected chi connectivity index (χ1v) is 7.47. The fourth-order valence-electron chi connectivity index (χ4n) is 2.45. The van der Waals surface area contributed by atoms with Crippen LogP contribution in [0.15, 0.2) is 36.5 Å². The van der Waals surface area contributed by atoms with Crippen molar-refractivity contribution in [2.45, 2.75) is 32.7 Å². The molecule has 0 atom stereocenters. The normalized spacial score (nSPS) is 14.6. The molecule has 0 N–H and O–H groups in total. The first kappa shape index (κ1) is 14.5. The molecule has 0 radical (unpaired) electrons. The fourth-order valence-corrected chi connectivity index (χ4v) is 2.45. The third-order valence-corrected chi connectivity index (χ3v) is 3.69. The molecule has 0 bridgehead atoms. The van der Waals surface area contributed by atoms with Gasteiger partial charge in [0.1, 0.15) is 0 Å². The number of nitrogens with zero attached hydrogens (tertiary/aromatic N) is 4. The summed E-state index contributed by atoms with van der Waals surface area (Å²) in [5.74, 6) is -0.105.